The highest BCUT2D eigenvalue weighted by Gasteiger charge is 2.36. The minimum absolute atomic E-state index is 0.243. The van der Waals surface area contributed by atoms with E-state index in [4.69, 9.17) is 0 Å². The van der Waals surface area contributed by atoms with E-state index in [2.05, 4.69) is 10.3 Å². The van der Waals surface area contributed by atoms with Crippen LogP contribution in [0.3, 0.4) is 0 Å². The number of aromatic nitrogens is 2. The number of hydrogen-bond donors (Lipinski definition) is 1. The molecule has 1 amide bonds. The van der Waals surface area contributed by atoms with Gasteiger partial charge in [0.15, 0.2) is 0 Å². The Hall–Kier alpha value is -3.65. The highest BCUT2D eigenvalue weighted by molar-refractivity contribution is 7.93. The van der Waals surface area contributed by atoms with Crippen LogP contribution in [-0.2, 0) is 21.4 Å². The third kappa shape index (κ3) is 3.34. The molecule has 7 nitrogen and oxygen atoms in total. The summed E-state index contributed by atoms with van der Waals surface area (Å²) in [5.41, 5.74) is 2.22. The predicted molar refractivity (Wildman–Crippen MR) is 120 cm³/mol. The first-order chi connectivity index (χ1) is 14.9. The van der Waals surface area contributed by atoms with Gasteiger partial charge in [-0.05, 0) is 42.1 Å². The molecule has 8 heteroatoms. The summed E-state index contributed by atoms with van der Waals surface area (Å²) in [7, 11) is -3.76. The average Bonchev–Trinajstić information content (AvgIpc) is 3.25. The molecule has 0 bridgehead atoms. The molecule has 0 unspecified atom stereocenters. The van der Waals surface area contributed by atoms with Crippen LogP contribution in [0.5, 0.6) is 0 Å². The lowest BCUT2D eigenvalue weighted by Crippen LogP contribution is -2.35. The first kappa shape index (κ1) is 19.3. The maximum Gasteiger partial charge on any atom is 0.265 e. The number of carbonyl (C=O) groups excluding carboxylic acids is 1. The normalized spacial score (nSPS) is 14.2. The molecule has 3 aromatic carbocycles. The summed E-state index contributed by atoms with van der Waals surface area (Å²) >= 11 is 0. The van der Waals surface area contributed by atoms with Gasteiger partial charge in [-0.25, -0.2) is 13.4 Å². The maximum absolute atomic E-state index is 13.0. The van der Waals surface area contributed by atoms with Crippen LogP contribution in [0.25, 0.3) is 10.8 Å². The zero-order valence-corrected chi connectivity index (χ0v) is 17.6. The molecule has 0 saturated heterocycles. The molecule has 0 spiro atoms. The average molecular weight is 433 g/mol. The standard InChI is InChI=1S/C23H20N4O3S/c1-16-24-12-13-26(16)14-17-8-10-19(11-9-17)25-22(28)15-27-20-6-2-4-18-5-3-7-21(23(18)20)31(27,29)30/h2-13H,14-15H2,1H3,(H,25,28). The van der Waals surface area contributed by atoms with Crippen LogP contribution in [0.15, 0.2) is 78.0 Å². The van der Waals surface area contributed by atoms with Gasteiger partial charge in [0.2, 0.25) is 5.91 Å². The quantitative estimate of drug-likeness (QED) is 0.523. The highest BCUT2D eigenvalue weighted by Crippen LogP contribution is 2.41. The minimum Gasteiger partial charge on any atom is -0.331 e. The van der Waals surface area contributed by atoms with Gasteiger partial charge in [-0.3, -0.25) is 9.10 Å². The van der Waals surface area contributed by atoms with Gasteiger partial charge in [0.1, 0.15) is 12.4 Å². The molecular formula is C23H20N4O3S. The van der Waals surface area contributed by atoms with E-state index < -0.39 is 15.9 Å². The van der Waals surface area contributed by atoms with Gasteiger partial charge in [0, 0.05) is 30.0 Å². The molecule has 5 rings (SSSR count). The number of carbonyl (C=O) groups is 1. The largest absolute Gasteiger partial charge is 0.331 e. The summed E-state index contributed by atoms with van der Waals surface area (Å²) in [5.74, 6) is 0.534. The van der Waals surface area contributed by atoms with Crippen LogP contribution in [0.4, 0.5) is 11.4 Å². The fourth-order valence-corrected chi connectivity index (χ4v) is 5.59. The smallest absolute Gasteiger partial charge is 0.265 e. The number of nitrogens with one attached hydrogen (secondary N) is 1. The van der Waals surface area contributed by atoms with Crippen molar-refractivity contribution < 1.29 is 13.2 Å². The Morgan fingerprint density at radius 3 is 2.48 bits per heavy atom. The molecule has 0 aliphatic carbocycles. The van der Waals surface area contributed by atoms with E-state index in [-0.39, 0.29) is 11.4 Å². The van der Waals surface area contributed by atoms with Crippen molar-refractivity contribution in [3.63, 3.8) is 0 Å². The monoisotopic (exact) mass is 432 g/mol. The van der Waals surface area contributed by atoms with Gasteiger partial charge in [0.25, 0.3) is 10.0 Å². The second-order valence-electron chi connectivity index (χ2n) is 7.49. The fraction of sp³-hybridized carbons (Fsp3) is 0.130. The zero-order chi connectivity index (χ0) is 21.6. The highest BCUT2D eigenvalue weighted by atomic mass is 32.2. The van der Waals surface area contributed by atoms with Crippen molar-refractivity contribution in [3.8, 4) is 0 Å². The summed E-state index contributed by atoms with van der Waals surface area (Å²) in [4.78, 5) is 17.1. The number of benzene rings is 3. The maximum atomic E-state index is 13.0. The van der Waals surface area contributed by atoms with Gasteiger partial charge in [0.05, 0.1) is 10.6 Å². The Bertz CT molecular complexity index is 1400. The third-order valence-corrected chi connectivity index (χ3v) is 7.28. The SMILES string of the molecule is Cc1nccn1Cc1ccc(NC(=O)CN2c3cccc4cccc(c34)S2(=O)=O)cc1. The van der Waals surface area contributed by atoms with Crippen molar-refractivity contribution in [1.29, 1.82) is 0 Å². The minimum atomic E-state index is -3.76. The van der Waals surface area contributed by atoms with Crippen molar-refractivity contribution in [2.75, 3.05) is 16.2 Å². The number of amides is 1. The van der Waals surface area contributed by atoms with Gasteiger partial charge >= 0.3 is 0 Å². The van der Waals surface area contributed by atoms with E-state index in [1.165, 1.54) is 4.31 Å². The van der Waals surface area contributed by atoms with Gasteiger partial charge in [-0.2, -0.15) is 0 Å². The van der Waals surface area contributed by atoms with Crippen LogP contribution in [0, 0.1) is 6.92 Å². The summed E-state index contributed by atoms with van der Waals surface area (Å²) in [5, 5.41) is 4.30. The first-order valence-electron chi connectivity index (χ1n) is 9.84. The second kappa shape index (κ2) is 7.24. The van der Waals surface area contributed by atoms with Crippen LogP contribution >= 0.6 is 0 Å². The van der Waals surface area contributed by atoms with Crippen molar-refractivity contribution >= 4 is 38.1 Å². The first-order valence-corrected chi connectivity index (χ1v) is 11.3. The van der Waals surface area contributed by atoms with E-state index in [1.807, 2.05) is 54.1 Å². The molecule has 1 aromatic heterocycles. The third-order valence-electron chi connectivity index (χ3n) is 5.48. The number of imidazole rings is 1. The van der Waals surface area contributed by atoms with Crippen LogP contribution in [-0.4, -0.2) is 30.4 Å². The molecule has 4 aromatic rings. The number of aryl methyl sites for hydroxylation is 1. The van der Waals surface area contributed by atoms with Crippen LogP contribution < -0.4 is 9.62 Å². The number of sulfonamides is 1. The Morgan fingerprint density at radius 2 is 1.77 bits per heavy atom. The lowest BCUT2D eigenvalue weighted by atomic mass is 10.1. The van der Waals surface area contributed by atoms with Crippen molar-refractivity contribution in [2.24, 2.45) is 0 Å². The van der Waals surface area contributed by atoms with Gasteiger partial charge < -0.3 is 9.88 Å². The molecule has 1 aliphatic heterocycles. The molecule has 1 N–H and O–H groups in total. The van der Waals surface area contributed by atoms with Crippen LogP contribution in [0.2, 0.25) is 0 Å². The molecule has 0 fully saturated rings. The number of rotatable bonds is 5. The Labute approximate surface area is 180 Å². The number of hydrogen-bond acceptors (Lipinski definition) is 4. The van der Waals surface area contributed by atoms with Gasteiger partial charge in [-0.15, -0.1) is 0 Å². The van der Waals surface area contributed by atoms with E-state index >= 15 is 0 Å². The summed E-state index contributed by atoms with van der Waals surface area (Å²) < 4.78 is 29.2. The summed E-state index contributed by atoms with van der Waals surface area (Å²) in [6.07, 6.45) is 3.68. The Kier molecular flexibility index (Phi) is 4.51. The molecule has 1 aliphatic rings. The van der Waals surface area contributed by atoms with E-state index in [1.54, 1.807) is 30.5 Å². The summed E-state index contributed by atoms with van der Waals surface area (Å²) in [6, 6.07) is 18.1. The predicted octanol–water partition coefficient (Wildman–Crippen LogP) is 3.54. The number of anilines is 2. The van der Waals surface area contributed by atoms with E-state index in [0.29, 0.717) is 23.3 Å². The zero-order valence-electron chi connectivity index (χ0n) is 16.8. The van der Waals surface area contributed by atoms with Crippen molar-refractivity contribution in [3.05, 3.63) is 84.4 Å². The summed E-state index contributed by atoms with van der Waals surface area (Å²) in [6.45, 7) is 2.35. The fourth-order valence-electron chi connectivity index (χ4n) is 3.92. The van der Waals surface area contributed by atoms with Crippen molar-refractivity contribution in [1.82, 2.24) is 9.55 Å². The van der Waals surface area contributed by atoms with Gasteiger partial charge in [-0.1, -0.05) is 36.4 Å². The molecule has 156 valence electrons. The van der Waals surface area contributed by atoms with E-state index in [0.717, 1.165) is 16.8 Å². The van der Waals surface area contributed by atoms with E-state index in [9.17, 15) is 13.2 Å². The Morgan fingerprint density at radius 1 is 1.03 bits per heavy atom. The molecule has 2 heterocycles. The molecule has 0 saturated carbocycles. The van der Waals surface area contributed by atoms with Crippen LogP contribution in [0.1, 0.15) is 11.4 Å². The van der Waals surface area contributed by atoms with Crippen molar-refractivity contribution in [2.45, 2.75) is 18.4 Å². The molecular weight excluding hydrogens is 412 g/mol. The Balaban J connectivity index is 1.32. The topological polar surface area (TPSA) is 84.3 Å². The molecule has 0 radical (unpaired) electrons. The lowest BCUT2D eigenvalue weighted by Gasteiger charge is -2.18. The molecule has 31 heavy (non-hydrogen) atoms. The molecule has 0 atom stereocenters. The second-order valence-corrected chi connectivity index (χ2v) is 9.32. The lowest BCUT2D eigenvalue weighted by molar-refractivity contribution is -0.114. The number of nitrogens with zero attached hydrogens (tertiary/aromatic N) is 3.